The van der Waals surface area contributed by atoms with Crippen molar-refractivity contribution >= 4 is 44.8 Å². The molecule has 0 saturated heterocycles. The smallest absolute Gasteiger partial charge is 0.192 e. The summed E-state index contributed by atoms with van der Waals surface area (Å²) in [5.74, 6) is 1.12. The first-order chi connectivity index (χ1) is 12.6. The van der Waals surface area contributed by atoms with E-state index in [9.17, 15) is 4.79 Å². The standard InChI is InChI=1S/C19H18BrN3OS2/c1-12(18(24)13-4-6-14(20)7-5-13)26-19-22-21-17(23(19)15-8-9-15)11-16-3-2-10-25-16/h2-7,10,12,15H,8-9,11H2,1H3/t12-/m0/s1. The van der Waals surface area contributed by atoms with Crippen molar-refractivity contribution in [3.8, 4) is 0 Å². The number of nitrogens with zero attached hydrogens (tertiary/aromatic N) is 3. The SMILES string of the molecule is C[C@H](Sc1nnc(Cc2cccs2)n1C1CC1)C(=O)c1ccc(Br)cc1. The van der Waals surface area contributed by atoms with Crippen molar-refractivity contribution in [2.75, 3.05) is 0 Å². The average Bonchev–Trinajstić information content (AvgIpc) is 3.20. The summed E-state index contributed by atoms with van der Waals surface area (Å²) < 4.78 is 3.22. The van der Waals surface area contributed by atoms with Gasteiger partial charge in [0.2, 0.25) is 0 Å². The summed E-state index contributed by atoms with van der Waals surface area (Å²) >= 11 is 6.66. The second kappa shape index (κ2) is 7.66. The van der Waals surface area contributed by atoms with Crippen LogP contribution in [0.25, 0.3) is 0 Å². The first kappa shape index (κ1) is 17.9. The van der Waals surface area contributed by atoms with Crippen LogP contribution < -0.4 is 0 Å². The maximum Gasteiger partial charge on any atom is 0.192 e. The van der Waals surface area contributed by atoms with Gasteiger partial charge in [0, 0.05) is 27.4 Å². The number of rotatable bonds is 7. The molecule has 1 fully saturated rings. The van der Waals surface area contributed by atoms with Crippen LogP contribution in [0.5, 0.6) is 0 Å². The summed E-state index contributed by atoms with van der Waals surface area (Å²) in [4.78, 5) is 14.0. The number of thioether (sulfide) groups is 1. The van der Waals surface area contributed by atoms with Crippen molar-refractivity contribution in [2.45, 2.75) is 42.6 Å². The summed E-state index contributed by atoms with van der Waals surface area (Å²) in [6.07, 6.45) is 3.13. The fourth-order valence-corrected chi connectivity index (χ4v) is 4.82. The minimum Gasteiger partial charge on any atom is -0.303 e. The molecule has 0 aliphatic heterocycles. The van der Waals surface area contributed by atoms with Crippen molar-refractivity contribution in [3.05, 3.63) is 62.5 Å². The second-order valence-corrected chi connectivity index (χ2v) is 9.64. The van der Waals surface area contributed by atoms with Crippen LogP contribution in [0.4, 0.5) is 0 Å². The van der Waals surface area contributed by atoms with Gasteiger partial charge >= 0.3 is 0 Å². The molecule has 4 nitrogen and oxygen atoms in total. The minimum atomic E-state index is -0.201. The molecule has 0 amide bonds. The Morgan fingerprint density at radius 1 is 1.31 bits per heavy atom. The predicted molar refractivity (Wildman–Crippen MR) is 109 cm³/mol. The number of aromatic nitrogens is 3. The molecule has 2 heterocycles. The van der Waals surface area contributed by atoms with Gasteiger partial charge in [0.15, 0.2) is 10.9 Å². The van der Waals surface area contributed by atoms with Gasteiger partial charge in [0.05, 0.1) is 5.25 Å². The zero-order valence-electron chi connectivity index (χ0n) is 14.3. The Morgan fingerprint density at radius 2 is 2.08 bits per heavy atom. The molecule has 1 atom stereocenters. The lowest BCUT2D eigenvalue weighted by atomic mass is 10.1. The highest BCUT2D eigenvalue weighted by molar-refractivity contribution is 9.10. The highest BCUT2D eigenvalue weighted by Crippen LogP contribution is 2.40. The number of hydrogen-bond donors (Lipinski definition) is 0. The molecular formula is C19H18BrN3OS2. The van der Waals surface area contributed by atoms with Gasteiger partial charge < -0.3 is 4.57 Å². The Morgan fingerprint density at radius 3 is 2.73 bits per heavy atom. The first-order valence-electron chi connectivity index (χ1n) is 8.54. The molecule has 1 aliphatic carbocycles. The first-order valence-corrected chi connectivity index (χ1v) is 11.1. The van der Waals surface area contributed by atoms with Crippen molar-refractivity contribution in [2.24, 2.45) is 0 Å². The highest BCUT2D eigenvalue weighted by Gasteiger charge is 2.31. The van der Waals surface area contributed by atoms with E-state index < -0.39 is 0 Å². The van der Waals surface area contributed by atoms with E-state index in [1.807, 2.05) is 31.2 Å². The highest BCUT2D eigenvalue weighted by atomic mass is 79.9. The number of thiophene rings is 1. The third kappa shape index (κ3) is 3.94. The third-order valence-electron chi connectivity index (χ3n) is 4.34. The molecule has 0 radical (unpaired) electrons. The van der Waals surface area contributed by atoms with E-state index in [1.54, 1.807) is 11.3 Å². The molecule has 0 spiro atoms. The maximum atomic E-state index is 12.7. The van der Waals surface area contributed by atoms with E-state index in [0.29, 0.717) is 6.04 Å². The molecule has 26 heavy (non-hydrogen) atoms. The zero-order valence-corrected chi connectivity index (χ0v) is 17.5. The van der Waals surface area contributed by atoms with Crippen molar-refractivity contribution in [3.63, 3.8) is 0 Å². The van der Waals surface area contributed by atoms with Gasteiger partial charge in [-0.05, 0) is 43.3 Å². The molecule has 1 aromatic carbocycles. The van der Waals surface area contributed by atoms with Crippen LogP contribution in [0.3, 0.4) is 0 Å². The maximum absolute atomic E-state index is 12.7. The summed E-state index contributed by atoms with van der Waals surface area (Å²) in [6, 6.07) is 12.2. The van der Waals surface area contributed by atoms with Gasteiger partial charge in [-0.1, -0.05) is 45.9 Å². The van der Waals surface area contributed by atoms with Crippen molar-refractivity contribution in [1.82, 2.24) is 14.8 Å². The van der Waals surface area contributed by atoms with Gasteiger partial charge in [-0.15, -0.1) is 21.5 Å². The second-order valence-electron chi connectivity index (χ2n) is 6.39. The molecule has 0 unspecified atom stereocenters. The fourth-order valence-electron chi connectivity index (χ4n) is 2.84. The Kier molecular flexibility index (Phi) is 5.29. The molecule has 2 aromatic heterocycles. The van der Waals surface area contributed by atoms with Crippen LogP contribution >= 0.6 is 39.0 Å². The molecule has 4 rings (SSSR count). The Labute approximate surface area is 169 Å². The molecule has 1 saturated carbocycles. The van der Waals surface area contributed by atoms with E-state index in [4.69, 9.17) is 0 Å². The number of hydrogen-bond acceptors (Lipinski definition) is 5. The molecule has 3 aromatic rings. The number of carbonyl (C=O) groups excluding carboxylic acids is 1. The largest absolute Gasteiger partial charge is 0.303 e. The molecule has 1 aliphatic rings. The third-order valence-corrected chi connectivity index (χ3v) is 6.80. The lowest BCUT2D eigenvalue weighted by Gasteiger charge is -2.12. The lowest BCUT2D eigenvalue weighted by Crippen LogP contribution is -2.15. The molecule has 0 bridgehead atoms. The number of Topliss-reactive ketones (excluding diaryl/α,β-unsaturated/α-hetero) is 1. The number of carbonyl (C=O) groups is 1. The van der Waals surface area contributed by atoms with E-state index in [-0.39, 0.29) is 11.0 Å². The van der Waals surface area contributed by atoms with Crippen molar-refractivity contribution < 1.29 is 4.79 Å². The Balaban J connectivity index is 1.53. The molecule has 0 N–H and O–H groups in total. The van der Waals surface area contributed by atoms with Crippen LogP contribution in [0, 0.1) is 0 Å². The minimum absolute atomic E-state index is 0.118. The van der Waals surface area contributed by atoms with Crippen LogP contribution in [0.2, 0.25) is 0 Å². The topological polar surface area (TPSA) is 47.8 Å². The van der Waals surface area contributed by atoms with E-state index in [2.05, 4.69) is 48.2 Å². The molecule has 7 heteroatoms. The van der Waals surface area contributed by atoms with Crippen molar-refractivity contribution in [1.29, 1.82) is 0 Å². The summed E-state index contributed by atoms with van der Waals surface area (Å²) in [6.45, 7) is 1.94. The van der Waals surface area contributed by atoms with Crippen LogP contribution in [0.1, 0.15) is 46.9 Å². The van der Waals surface area contributed by atoms with Gasteiger partial charge in [-0.3, -0.25) is 4.79 Å². The monoisotopic (exact) mass is 447 g/mol. The van der Waals surface area contributed by atoms with E-state index in [0.717, 1.165) is 40.3 Å². The van der Waals surface area contributed by atoms with Crippen LogP contribution in [0.15, 0.2) is 51.4 Å². The van der Waals surface area contributed by atoms with Gasteiger partial charge in [-0.25, -0.2) is 0 Å². The van der Waals surface area contributed by atoms with Gasteiger partial charge in [0.1, 0.15) is 5.82 Å². The average molecular weight is 448 g/mol. The number of ketones is 1. The predicted octanol–water partition coefficient (Wildman–Crippen LogP) is 5.39. The zero-order chi connectivity index (χ0) is 18.1. The summed E-state index contributed by atoms with van der Waals surface area (Å²) in [7, 11) is 0. The van der Waals surface area contributed by atoms with E-state index >= 15 is 0 Å². The quantitative estimate of drug-likeness (QED) is 0.359. The number of benzene rings is 1. The Bertz CT molecular complexity index is 902. The molecule has 134 valence electrons. The van der Waals surface area contributed by atoms with Crippen LogP contribution in [-0.4, -0.2) is 25.8 Å². The molecular weight excluding hydrogens is 430 g/mol. The van der Waals surface area contributed by atoms with Gasteiger partial charge in [0.25, 0.3) is 0 Å². The van der Waals surface area contributed by atoms with Crippen LogP contribution in [-0.2, 0) is 6.42 Å². The lowest BCUT2D eigenvalue weighted by molar-refractivity contribution is 0.0994. The Hall–Kier alpha value is -1.44. The normalized spacial score (nSPS) is 15.2. The number of halogens is 1. The summed E-state index contributed by atoms with van der Waals surface area (Å²) in [5, 5.41) is 11.6. The summed E-state index contributed by atoms with van der Waals surface area (Å²) in [5.41, 5.74) is 0.726. The van der Waals surface area contributed by atoms with E-state index in [1.165, 1.54) is 16.6 Å². The fraction of sp³-hybridized carbons (Fsp3) is 0.316. The van der Waals surface area contributed by atoms with Gasteiger partial charge in [-0.2, -0.15) is 0 Å².